The van der Waals surface area contributed by atoms with E-state index in [1.165, 1.54) is 11.3 Å². The van der Waals surface area contributed by atoms with E-state index in [9.17, 15) is 4.79 Å². The van der Waals surface area contributed by atoms with Gasteiger partial charge in [0.25, 0.3) is 5.91 Å². The average Bonchev–Trinajstić information content (AvgIpc) is 3.28. The first-order chi connectivity index (χ1) is 13.1. The summed E-state index contributed by atoms with van der Waals surface area (Å²) in [5.41, 5.74) is 3.49. The number of rotatable bonds is 5. The summed E-state index contributed by atoms with van der Waals surface area (Å²) in [6, 6.07) is 15.4. The van der Waals surface area contributed by atoms with E-state index >= 15 is 0 Å². The predicted molar refractivity (Wildman–Crippen MR) is 107 cm³/mol. The summed E-state index contributed by atoms with van der Waals surface area (Å²) in [6.45, 7) is 4.26. The molecule has 27 heavy (non-hydrogen) atoms. The minimum absolute atomic E-state index is 0.190. The first-order valence-electron chi connectivity index (χ1n) is 8.76. The molecule has 0 saturated heterocycles. The second-order valence-electron chi connectivity index (χ2n) is 6.70. The molecule has 0 radical (unpaired) electrons. The van der Waals surface area contributed by atoms with Crippen LogP contribution in [0.5, 0.6) is 0 Å². The molecule has 0 fully saturated rings. The lowest BCUT2D eigenvalue weighted by molar-refractivity contribution is 0.102. The molecule has 136 valence electrons. The second-order valence-corrected chi connectivity index (χ2v) is 7.77. The van der Waals surface area contributed by atoms with Crippen molar-refractivity contribution in [1.29, 1.82) is 0 Å². The van der Waals surface area contributed by atoms with Gasteiger partial charge in [-0.25, -0.2) is 4.98 Å². The third-order valence-electron chi connectivity index (χ3n) is 4.13. The number of para-hydroxylation sites is 2. The molecule has 1 amide bonds. The van der Waals surface area contributed by atoms with Crippen LogP contribution in [0.25, 0.3) is 16.7 Å². The van der Waals surface area contributed by atoms with Gasteiger partial charge in [0.05, 0.1) is 11.0 Å². The van der Waals surface area contributed by atoms with Gasteiger partial charge in [-0.05, 0) is 42.3 Å². The van der Waals surface area contributed by atoms with Crippen molar-refractivity contribution >= 4 is 33.4 Å². The van der Waals surface area contributed by atoms with Crippen molar-refractivity contribution < 1.29 is 4.79 Å². The Bertz CT molecular complexity index is 1080. The molecule has 1 N–H and O–H groups in total. The van der Waals surface area contributed by atoms with Crippen LogP contribution in [-0.4, -0.2) is 25.7 Å². The third kappa shape index (κ3) is 3.73. The highest BCUT2D eigenvalue weighted by molar-refractivity contribution is 7.15. The molecule has 0 atom stereocenters. The lowest BCUT2D eigenvalue weighted by Crippen LogP contribution is -2.11. The molecule has 0 aliphatic rings. The fraction of sp³-hybridized carbons (Fsp3) is 0.200. The molecule has 2 aromatic carbocycles. The molecule has 0 aliphatic heterocycles. The SMILES string of the molecule is CC(C)Cc1nnc(NC(=O)c2ccc(-n3cnc4ccccc43)cc2)s1. The number of amides is 1. The number of carbonyl (C=O) groups excluding carboxylic acids is 1. The zero-order chi connectivity index (χ0) is 18.8. The van der Waals surface area contributed by atoms with E-state index in [-0.39, 0.29) is 5.91 Å². The first kappa shape index (κ1) is 17.4. The summed E-state index contributed by atoms with van der Waals surface area (Å²) in [6.07, 6.45) is 2.65. The molecule has 6 nitrogen and oxygen atoms in total. The summed E-state index contributed by atoms with van der Waals surface area (Å²) in [4.78, 5) is 16.9. The standard InChI is InChI=1S/C20H19N5OS/c1-13(2)11-18-23-24-20(27-18)22-19(26)14-7-9-15(10-8-14)25-12-21-16-5-3-4-6-17(16)25/h3-10,12-13H,11H2,1-2H3,(H,22,24,26). The zero-order valence-electron chi connectivity index (χ0n) is 15.1. The molecule has 0 saturated carbocycles. The van der Waals surface area contributed by atoms with Crippen LogP contribution in [0.3, 0.4) is 0 Å². The van der Waals surface area contributed by atoms with Crippen molar-refractivity contribution in [1.82, 2.24) is 19.7 Å². The van der Waals surface area contributed by atoms with E-state index in [1.54, 1.807) is 18.5 Å². The summed E-state index contributed by atoms with van der Waals surface area (Å²) in [5, 5.41) is 12.5. The van der Waals surface area contributed by atoms with Crippen LogP contribution in [0, 0.1) is 5.92 Å². The van der Waals surface area contributed by atoms with Gasteiger partial charge in [0.15, 0.2) is 0 Å². The second kappa shape index (κ2) is 7.28. The Balaban J connectivity index is 1.50. The molecular weight excluding hydrogens is 358 g/mol. The number of nitrogens with one attached hydrogen (secondary N) is 1. The van der Waals surface area contributed by atoms with Crippen molar-refractivity contribution in [2.45, 2.75) is 20.3 Å². The van der Waals surface area contributed by atoms with Gasteiger partial charge in [0.2, 0.25) is 5.13 Å². The smallest absolute Gasteiger partial charge is 0.257 e. The van der Waals surface area contributed by atoms with E-state index in [1.807, 2.05) is 41.0 Å². The normalized spacial score (nSPS) is 11.2. The summed E-state index contributed by atoms with van der Waals surface area (Å²) >= 11 is 1.42. The first-order valence-corrected chi connectivity index (χ1v) is 9.58. The quantitative estimate of drug-likeness (QED) is 0.562. The number of hydrogen-bond donors (Lipinski definition) is 1. The van der Waals surface area contributed by atoms with Crippen LogP contribution < -0.4 is 5.32 Å². The zero-order valence-corrected chi connectivity index (χ0v) is 15.9. The summed E-state index contributed by atoms with van der Waals surface area (Å²) in [5.74, 6) is 0.317. The Morgan fingerprint density at radius 3 is 2.67 bits per heavy atom. The van der Waals surface area contributed by atoms with E-state index in [0.29, 0.717) is 16.6 Å². The summed E-state index contributed by atoms with van der Waals surface area (Å²) in [7, 11) is 0. The molecule has 0 aliphatic carbocycles. The van der Waals surface area contributed by atoms with Gasteiger partial charge < -0.3 is 0 Å². The Morgan fingerprint density at radius 1 is 1.11 bits per heavy atom. The van der Waals surface area contributed by atoms with Crippen LogP contribution in [-0.2, 0) is 6.42 Å². The molecule has 0 unspecified atom stereocenters. The number of imidazole rings is 1. The van der Waals surface area contributed by atoms with Gasteiger partial charge in [0, 0.05) is 17.7 Å². The maximum absolute atomic E-state index is 12.5. The minimum Gasteiger partial charge on any atom is -0.299 e. The van der Waals surface area contributed by atoms with E-state index < -0.39 is 0 Å². The molecule has 2 heterocycles. The molecule has 7 heteroatoms. The number of hydrogen-bond acceptors (Lipinski definition) is 5. The van der Waals surface area contributed by atoms with Gasteiger partial charge in [-0.3, -0.25) is 14.7 Å². The maximum Gasteiger partial charge on any atom is 0.257 e. The largest absolute Gasteiger partial charge is 0.299 e. The van der Waals surface area contributed by atoms with Crippen LogP contribution in [0.1, 0.15) is 29.2 Å². The van der Waals surface area contributed by atoms with Crippen molar-refractivity contribution in [3.8, 4) is 5.69 Å². The lowest BCUT2D eigenvalue weighted by Gasteiger charge is -2.06. The van der Waals surface area contributed by atoms with Crippen molar-refractivity contribution in [3.05, 3.63) is 65.4 Å². The minimum atomic E-state index is -0.190. The monoisotopic (exact) mass is 377 g/mol. The third-order valence-corrected chi connectivity index (χ3v) is 4.99. The molecule has 4 aromatic rings. The predicted octanol–water partition coefficient (Wildman–Crippen LogP) is 4.33. The Morgan fingerprint density at radius 2 is 1.89 bits per heavy atom. The molecular formula is C20H19N5OS. The highest BCUT2D eigenvalue weighted by Crippen LogP contribution is 2.21. The van der Waals surface area contributed by atoms with E-state index in [4.69, 9.17) is 0 Å². The molecule has 0 bridgehead atoms. The fourth-order valence-electron chi connectivity index (χ4n) is 2.84. The molecule has 4 rings (SSSR count). The number of anilines is 1. The van der Waals surface area contributed by atoms with Crippen LogP contribution in [0.4, 0.5) is 5.13 Å². The van der Waals surface area contributed by atoms with Crippen LogP contribution >= 0.6 is 11.3 Å². The highest BCUT2D eigenvalue weighted by atomic mass is 32.1. The molecule has 0 spiro atoms. The van der Waals surface area contributed by atoms with Crippen LogP contribution in [0.15, 0.2) is 54.9 Å². The van der Waals surface area contributed by atoms with Gasteiger partial charge in [-0.2, -0.15) is 0 Å². The van der Waals surface area contributed by atoms with Crippen molar-refractivity contribution in [3.63, 3.8) is 0 Å². The maximum atomic E-state index is 12.5. The Kier molecular flexibility index (Phi) is 4.68. The van der Waals surface area contributed by atoms with Gasteiger partial charge >= 0.3 is 0 Å². The lowest BCUT2D eigenvalue weighted by atomic mass is 10.1. The van der Waals surface area contributed by atoms with Gasteiger partial charge in [-0.1, -0.05) is 37.3 Å². The fourth-order valence-corrected chi connectivity index (χ4v) is 3.79. The summed E-state index contributed by atoms with van der Waals surface area (Å²) < 4.78 is 2.00. The van der Waals surface area contributed by atoms with Crippen LogP contribution in [0.2, 0.25) is 0 Å². The highest BCUT2D eigenvalue weighted by Gasteiger charge is 2.12. The van der Waals surface area contributed by atoms with Crippen molar-refractivity contribution in [2.75, 3.05) is 5.32 Å². The number of fused-ring (bicyclic) bond motifs is 1. The topological polar surface area (TPSA) is 72.7 Å². The van der Waals surface area contributed by atoms with Crippen molar-refractivity contribution in [2.24, 2.45) is 5.92 Å². The Hall–Kier alpha value is -3.06. The Labute approximate surface area is 160 Å². The van der Waals surface area contributed by atoms with E-state index in [2.05, 4.69) is 34.3 Å². The van der Waals surface area contributed by atoms with Gasteiger partial charge in [0.1, 0.15) is 11.3 Å². The number of benzene rings is 2. The van der Waals surface area contributed by atoms with E-state index in [0.717, 1.165) is 28.1 Å². The average molecular weight is 377 g/mol. The van der Waals surface area contributed by atoms with Gasteiger partial charge in [-0.15, -0.1) is 10.2 Å². The molecule has 2 aromatic heterocycles. The number of aromatic nitrogens is 4. The number of carbonyl (C=O) groups is 1. The number of nitrogens with zero attached hydrogens (tertiary/aromatic N) is 4.